The normalized spacial score (nSPS) is 40.5. The maximum Gasteiger partial charge on any atom is 0.0926 e. The van der Waals surface area contributed by atoms with E-state index in [1.54, 1.807) is 0 Å². The van der Waals surface area contributed by atoms with Crippen molar-refractivity contribution in [2.75, 3.05) is 13.1 Å². The van der Waals surface area contributed by atoms with Crippen molar-refractivity contribution in [2.45, 2.75) is 19.1 Å². The highest BCUT2D eigenvalue weighted by molar-refractivity contribution is 5.85. The van der Waals surface area contributed by atoms with Crippen LogP contribution in [0.2, 0.25) is 0 Å². The zero-order valence-corrected chi connectivity index (χ0v) is 6.77. The van der Waals surface area contributed by atoms with Gasteiger partial charge in [0.05, 0.1) is 12.2 Å². The van der Waals surface area contributed by atoms with Crippen LogP contribution in [0.4, 0.5) is 0 Å². The van der Waals surface area contributed by atoms with E-state index in [4.69, 9.17) is 10.2 Å². The van der Waals surface area contributed by atoms with Gasteiger partial charge < -0.3 is 15.5 Å². The summed E-state index contributed by atoms with van der Waals surface area (Å²) in [5, 5.41) is 21.2. The van der Waals surface area contributed by atoms with Crippen LogP contribution in [-0.2, 0) is 0 Å². The monoisotopic (exact) mass is 167 g/mol. The predicted octanol–water partition coefficient (Wildman–Crippen LogP) is -0.631. The predicted molar refractivity (Wildman–Crippen MR) is 41.3 cm³/mol. The highest BCUT2D eigenvalue weighted by atomic mass is 35.5. The third-order valence-electron chi connectivity index (χ3n) is 1.80. The molecule has 0 bridgehead atoms. The fourth-order valence-electron chi connectivity index (χ4n) is 1.08. The van der Waals surface area contributed by atoms with Gasteiger partial charge in [-0.3, -0.25) is 0 Å². The van der Waals surface area contributed by atoms with Crippen LogP contribution in [0.25, 0.3) is 0 Å². The molecule has 0 amide bonds. The van der Waals surface area contributed by atoms with E-state index in [-0.39, 0.29) is 18.3 Å². The van der Waals surface area contributed by atoms with Crippen molar-refractivity contribution < 1.29 is 10.2 Å². The Hall–Kier alpha value is 0.170. The van der Waals surface area contributed by atoms with Crippen LogP contribution in [0.15, 0.2) is 0 Å². The van der Waals surface area contributed by atoms with E-state index in [0.717, 1.165) is 6.54 Å². The fraction of sp³-hybridized carbons (Fsp3) is 1.00. The van der Waals surface area contributed by atoms with Gasteiger partial charge in [0.15, 0.2) is 0 Å². The summed E-state index contributed by atoms with van der Waals surface area (Å²) in [6.07, 6.45) is -1.11. The molecule has 4 heteroatoms. The van der Waals surface area contributed by atoms with Crippen LogP contribution in [0, 0.1) is 5.92 Å². The third-order valence-corrected chi connectivity index (χ3v) is 1.80. The molecule has 3 unspecified atom stereocenters. The number of halogens is 1. The summed E-state index contributed by atoms with van der Waals surface area (Å²) in [4.78, 5) is 0. The summed E-state index contributed by atoms with van der Waals surface area (Å²) in [5.41, 5.74) is 0. The molecule has 1 aliphatic heterocycles. The Labute approximate surface area is 66.8 Å². The van der Waals surface area contributed by atoms with Crippen molar-refractivity contribution in [1.82, 2.24) is 5.32 Å². The van der Waals surface area contributed by atoms with Crippen molar-refractivity contribution in [3.05, 3.63) is 0 Å². The van der Waals surface area contributed by atoms with Gasteiger partial charge in [-0.25, -0.2) is 0 Å². The summed E-state index contributed by atoms with van der Waals surface area (Å²) < 4.78 is 0. The number of nitrogens with one attached hydrogen (secondary N) is 1. The second-order valence-corrected chi connectivity index (χ2v) is 2.69. The standard InChI is InChI=1S/C6H13NO2.ClH/c1-4-2-7-3-5(8)6(4)9;/h4-9H,2-3H2,1H3;1H. The van der Waals surface area contributed by atoms with Gasteiger partial charge in [-0.05, 0) is 5.92 Å². The molecule has 1 aliphatic rings. The second kappa shape index (κ2) is 4.13. The van der Waals surface area contributed by atoms with Gasteiger partial charge in [-0.15, -0.1) is 12.4 Å². The molecule has 1 fully saturated rings. The smallest absolute Gasteiger partial charge is 0.0926 e. The molecule has 3 nitrogen and oxygen atoms in total. The minimum absolute atomic E-state index is 0. The summed E-state index contributed by atoms with van der Waals surface area (Å²) in [6, 6.07) is 0. The lowest BCUT2D eigenvalue weighted by atomic mass is 9.96. The summed E-state index contributed by atoms with van der Waals surface area (Å²) >= 11 is 0. The molecule has 0 aromatic heterocycles. The Bertz CT molecular complexity index is 91.7. The van der Waals surface area contributed by atoms with E-state index in [1.165, 1.54) is 0 Å². The van der Waals surface area contributed by atoms with Gasteiger partial charge in [0, 0.05) is 13.1 Å². The Morgan fingerprint density at radius 2 is 1.90 bits per heavy atom. The van der Waals surface area contributed by atoms with E-state index in [2.05, 4.69) is 5.32 Å². The lowest BCUT2D eigenvalue weighted by Crippen LogP contribution is -2.49. The topological polar surface area (TPSA) is 52.5 Å². The first-order chi connectivity index (χ1) is 4.22. The number of aliphatic hydroxyl groups excluding tert-OH is 2. The summed E-state index contributed by atoms with van der Waals surface area (Å²) in [6.45, 7) is 3.24. The first-order valence-electron chi connectivity index (χ1n) is 3.28. The average molecular weight is 168 g/mol. The number of β-amino-alcohol motifs (C(OH)–C–C–N with tert-alkyl or cyclic N) is 1. The number of hydrogen-bond acceptors (Lipinski definition) is 3. The van der Waals surface area contributed by atoms with Crippen molar-refractivity contribution in [2.24, 2.45) is 5.92 Å². The first-order valence-corrected chi connectivity index (χ1v) is 3.28. The van der Waals surface area contributed by atoms with Crippen LogP contribution in [0.1, 0.15) is 6.92 Å². The number of aliphatic hydroxyl groups is 2. The molecule has 1 heterocycles. The largest absolute Gasteiger partial charge is 0.390 e. The van der Waals surface area contributed by atoms with Gasteiger partial charge in [0.25, 0.3) is 0 Å². The molecule has 3 N–H and O–H groups in total. The van der Waals surface area contributed by atoms with Gasteiger partial charge in [0.2, 0.25) is 0 Å². The van der Waals surface area contributed by atoms with Crippen LogP contribution in [-0.4, -0.2) is 35.5 Å². The van der Waals surface area contributed by atoms with Crippen molar-refractivity contribution in [3.63, 3.8) is 0 Å². The minimum Gasteiger partial charge on any atom is -0.390 e. The van der Waals surface area contributed by atoms with Gasteiger partial charge in [-0.1, -0.05) is 6.92 Å². The summed E-state index contributed by atoms with van der Waals surface area (Å²) in [7, 11) is 0. The van der Waals surface area contributed by atoms with Gasteiger partial charge >= 0.3 is 0 Å². The van der Waals surface area contributed by atoms with Crippen molar-refractivity contribution >= 4 is 12.4 Å². The Morgan fingerprint density at radius 1 is 1.30 bits per heavy atom. The minimum atomic E-state index is -0.575. The Kier molecular flexibility index (Phi) is 4.20. The van der Waals surface area contributed by atoms with Gasteiger partial charge in [-0.2, -0.15) is 0 Å². The molecule has 0 radical (unpaired) electrons. The quantitative estimate of drug-likeness (QED) is 0.451. The highest BCUT2D eigenvalue weighted by Gasteiger charge is 2.26. The van der Waals surface area contributed by atoms with E-state index in [1.807, 2.05) is 6.92 Å². The number of hydrogen-bond donors (Lipinski definition) is 3. The van der Waals surface area contributed by atoms with E-state index in [0.29, 0.717) is 6.54 Å². The molecule has 10 heavy (non-hydrogen) atoms. The van der Waals surface area contributed by atoms with Crippen molar-refractivity contribution in [3.8, 4) is 0 Å². The lowest BCUT2D eigenvalue weighted by molar-refractivity contribution is -0.0295. The fourth-order valence-corrected chi connectivity index (χ4v) is 1.08. The molecular weight excluding hydrogens is 154 g/mol. The van der Waals surface area contributed by atoms with Gasteiger partial charge in [0.1, 0.15) is 0 Å². The van der Waals surface area contributed by atoms with Crippen LogP contribution < -0.4 is 5.32 Å². The maximum atomic E-state index is 9.16. The Morgan fingerprint density at radius 3 is 2.30 bits per heavy atom. The zero-order valence-electron chi connectivity index (χ0n) is 5.95. The van der Waals surface area contributed by atoms with Crippen molar-refractivity contribution in [1.29, 1.82) is 0 Å². The molecule has 1 rings (SSSR count). The molecule has 0 saturated carbocycles. The molecule has 0 aromatic rings. The molecule has 0 aromatic carbocycles. The molecular formula is C6H14ClNO2. The molecule has 0 aliphatic carbocycles. The number of rotatable bonds is 0. The highest BCUT2D eigenvalue weighted by Crippen LogP contribution is 2.09. The van der Waals surface area contributed by atoms with Crippen LogP contribution in [0.3, 0.4) is 0 Å². The summed E-state index contributed by atoms with van der Waals surface area (Å²) in [5.74, 6) is 0.175. The second-order valence-electron chi connectivity index (χ2n) is 2.69. The number of piperidine rings is 1. The van der Waals surface area contributed by atoms with E-state index >= 15 is 0 Å². The lowest BCUT2D eigenvalue weighted by Gasteiger charge is -2.29. The zero-order chi connectivity index (χ0) is 6.85. The maximum absolute atomic E-state index is 9.16. The SMILES string of the molecule is CC1CNCC(O)C1O.Cl. The van der Waals surface area contributed by atoms with Crippen LogP contribution >= 0.6 is 12.4 Å². The third kappa shape index (κ3) is 2.09. The molecule has 1 saturated heterocycles. The average Bonchev–Trinajstić information content (AvgIpc) is 1.83. The Balaban J connectivity index is 0.000000810. The molecule has 3 atom stereocenters. The van der Waals surface area contributed by atoms with E-state index < -0.39 is 12.2 Å². The van der Waals surface area contributed by atoms with Crippen LogP contribution in [0.5, 0.6) is 0 Å². The van der Waals surface area contributed by atoms with E-state index in [9.17, 15) is 0 Å². The first kappa shape index (κ1) is 10.2. The molecule has 62 valence electrons. The molecule has 0 spiro atoms.